The van der Waals surface area contributed by atoms with Crippen LogP contribution in [0.4, 0.5) is 0 Å². The number of aliphatic hydroxyl groups excluding tert-OH is 1. The number of amides is 1. The summed E-state index contributed by atoms with van der Waals surface area (Å²) in [7, 11) is 0. The Morgan fingerprint density at radius 1 is 1.03 bits per heavy atom. The predicted octanol–water partition coefficient (Wildman–Crippen LogP) is 4.88. The van der Waals surface area contributed by atoms with Gasteiger partial charge in [0.15, 0.2) is 0 Å². The van der Waals surface area contributed by atoms with Gasteiger partial charge in [-0.15, -0.1) is 0 Å². The lowest BCUT2D eigenvalue weighted by Crippen LogP contribution is -2.32. The lowest BCUT2D eigenvalue weighted by atomic mass is 9.98. The van der Waals surface area contributed by atoms with Gasteiger partial charge in [0.1, 0.15) is 11.8 Å². The molecule has 1 aliphatic heterocycles. The van der Waals surface area contributed by atoms with Gasteiger partial charge in [-0.1, -0.05) is 35.9 Å². The van der Waals surface area contributed by atoms with E-state index in [0.29, 0.717) is 29.2 Å². The minimum absolute atomic E-state index is 0.0277. The molecule has 3 heterocycles. The van der Waals surface area contributed by atoms with Crippen molar-refractivity contribution in [3.05, 3.63) is 107 Å². The summed E-state index contributed by atoms with van der Waals surface area (Å²) in [4.78, 5) is 35.3. The van der Waals surface area contributed by atoms with E-state index < -0.39 is 17.7 Å². The number of likely N-dealkylation sites (tertiary alicyclic amines) is 1. The number of pyridine rings is 1. The van der Waals surface area contributed by atoms with Crippen molar-refractivity contribution in [3.8, 4) is 0 Å². The number of aliphatic hydroxyl groups is 1. The molecule has 0 unspecified atom stereocenters. The molecule has 164 valence electrons. The van der Waals surface area contributed by atoms with E-state index in [1.54, 1.807) is 48.7 Å². The molecule has 1 aliphatic rings. The normalized spacial score (nSPS) is 17.7. The van der Waals surface area contributed by atoms with Crippen LogP contribution in [-0.2, 0) is 16.0 Å². The number of aromatic nitrogens is 2. The first-order chi connectivity index (χ1) is 16.0. The Balaban J connectivity index is 1.55. The first kappa shape index (κ1) is 21.0. The number of para-hydroxylation sites is 1. The van der Waals surface area contributed by atoms with Crippen LogP contribution >= 0.6 is 11.6 Å². The summed E-state index contributed by atoms with van der Waals surface area (Å²) < 4.78 is 0. The maximum atomic E-state index is 13.1. The molecule has 0 radical (unpaired) electrons. The number of halogens is 1. The van der Waals surface area contributed by atoms with Crippen LogP contribution in [0, 0.1) is 0 Å². The molecule has 1 fully saturated rings. The topological polar surface area (TPSA) is 86.3 Å². The van der Waals surface area contributed by atoms with Gasteiger partial charge in [-0.2, -0.15) is 0 Å². The molecule has 2 aromatic heterocycles. The third-order valence-electron chi connectivity index (χ3n) is 5.92. The maximum Gasteiger partial charge on any atom is 0.295 e. The van der Waals surface area contributed by atoms with Gasteiger partial charge in [0.05, 0.1) is 11.3 Å². The van der Waals surface area contributed by atoms with E-state index in [0.717, 1.165) is 16.5 Å². The molecule has 2 N–H and O–H groups in total. The number of nitrogens with zero attached hydrogens (tertiary/aromatic N) is 2. The zero-order chi connectivity index (χ0) is 22.9. The Hall–Kier alpha value is -3.90. The largest absolute Gasteiger partial charge is 0.507 e. The van der Waals surface area contributed by atoms with E-state index in [4.69, 9.17) is 11.6 Å². The molecule has 2 aromatic carbocycles. The first-order valence-corrected chi connectivity index (χ1v) is 10.9. The number of carbonyl (C=O) groups is 2. The van der Waals surface area contributed by atoms with Crippen LogP contribution in [0.3, 0.4) is 0 Å². The molecule has 4 aromatic rings. The van der Waals surface area contributed by atoms with Gasteiger partial charge in [0.2, 0.25) is 0 Å². The van der Waals surface area contributed by atoms with Crippen molar-refractivity contribution in [1.29, 1.82) is 0 Å². The van der Waals surface area contributed by atoms with Gasteiger partial charge < -0.3 is 15.0 Å². The first-order valence-electron chi connectivity index (χ1n) is 10.5. The fourth-order valence-corrected chi connectivity index (χ4v) is 4.42. The summed E-state index contributed by atoms with van der Waals surface area (Å²) in [6.07, 6.45) is 4.07. The van der Waals surface area contributed by atoms with Gasteiger partial charge in [-0.05, 0) is 54.4 Å². The molecule has 5 rings (SSSR count). The quantitative estimate of drug-likeness (QED) is 0.254. The SMILES string of the molecule is O=C1C(=O)N(CCc2c[nH]c3ccccc23)[C@@H](c2ccccn2)C1=C(O)c1ccc(Cl)cc1. The molecular formula is C26H20ClN3O3. The van der Waals surface area contributed by atoms with Gasteiger partial charge in [0, 0.05) is 40.4 Å². The highest BCUT2D eigenvalue weighted by molar-refractivity contribution is 6.46. The molecule has 7 heteroatoms. The smallest absolute Gasteiger partial charge is 0.295 e. The lowest BCUT2D eigenvalue weighted by Gasteiger charge is -2.24. The minimum Gasteiger partial charge on any atom is -0.507 e. The number of benzene rings is 2. The zero-order valence-electron chi connectivity index (χ0n) is 17.5. The number of nitrogens with one attached hydrogen (secondary N) is 1. The van der Waals surface area contributed by atoms with Crippen molar-refractivity contribution in [1.82, 2.24) is 14.9 Å². The fraction of sp³-hybridized carbons (Fsp3) is 0.115. The highest BCUT2D eigenvalue weighted by Crippen LogP contribution is 2.38. The van der Waals surface area contributed by atoms with E-state index in [1.165, 1.54) is 4.90 Å². The molecule has 1 saturated heterocycles. The Labute approximate surface area is 195 Å². The van der Waals surface area contributed by atoms with Gasteiger partial charge in [0.25, 0.3) is 11.7 Å². The summed E-state index contributed by atoms with van der Waals surface area (Å²) in [5, 5.41) is 12.6. The van der Waals surface area contributed by atoms with Crippen molar-refractivity contribution < 1.29 is 14.7 Å². The van der Waals surface area contributed by atoms with Crippen molar-refractivity contribution in [2.24, 2.45) is 0 Å². The van der Waals surface area contributed by atoms with Gasteiger partial charge >= 0.3 is 0 Å². The average Bonchev–Trinajstić information content (AvgIpc) is 3.37. The summed E-state index contributed by atoms with van der Waals surface area (Å²) in [6, 6.07) is 18.9. The predicted molar refractivity (Wildman–Crippen MR) is 127 cm³/mol. The Kier molecular flexibility index (Phi) is 5.44. The van der Waals surface area contributed by atoms with Crippen molar-refractivity contribution in [2.75, 3.05) is 6.54 Å². The molecule has 0 bridgehead atoms. The molecular weight excluding hydrogens is 438 g/mol. The number of carbonyl (C=O) groups excluding carboxylic acids is 2. The third kappa shape index (κ3) is 3.79. The molecule has 1 atom stereocenters. The van der Waals surface area contributed by atoms with Crippen LogP contribution < -0.4 is 0 Å². The van der Waals surface area contributed by atoms with Crippen LogP contribution in [0.2, 0.25) is 5.02 Å². The van der Waals surface area contributed by atoms with Crippen LogP contribution in [0.1, 0.15) is 22.9 Å². The molecule has 1 amide bonds. The van der Waals surface area contributed by atoms with Crippen molar-refractivity contribution in [3.63, 3.8) is 0 Å². The highest BCUT2D eigenvalue weighted by Gasteiger charge is 2.46. The highest BCUT2D eigenvalue weighted by atomic mass is 35.5. The molecule has 0 aliphatic carbocycles. The number of rotatable bonds is 5. The second-order valence-corrected chi connectivity index (χ2v) is 8.30. The summed E-state index contributed by atoms with van der Waals surface area (Å²) in [5.41, 5.74) is 3.02. The summed E-state index contributed by atoms with van der Waals surface area (Å²) in [6.45, 7) is 0.297. The van der Waals surface area contributed by atoms with Crippen LogP contribution in [0.15, 0.2) is 84.7 Å². The van der Waals surface area contributed by atoms with E-state index in [-0.39, 0.29) is 11.3 Å². The van der Waals surface area contributed by atoms with E-state index in [1.807, 2.05) is 30.5 Å². The summed E-state index contributed by atoms with van der Waals surface area (Å²) in [5.74, 6) is -1.62. The standard InChI is InChI=1S/C26H20ClN3O3/c27-18-10-8-16(9-11-18)24(31)22-23(21-7-3-4-13-28-21)30(26(33)25(22)32)14-12-17-15-29-20-6-2-1-5-19(17)20/h1-11,13,15,23,29,31H,12,14H2/t23-/m0/s1. The van der Waals surface area contributed by atoms with Crippen LogP contribution in [-0.4, -0.2) is 38.2 Å². The Morgan fingerprint density at radius 3 is 2.55 bits per heavy atom. The lowest BCUT2D eigenvalue weighted by molar-refractivity contribution is -0.139. The number of Topliss-reactive ketones (excluding diaryl/α,β-unsaturated/α-hetero) is 1. The monoisotopic (exact) mass is 457 g/mol. The third-order valence-corrected chi connectivity index (χ3v) is 6.17. The number of hydrogen-bond donors (Lipinski definition) is 2. The van der Waals surface area contributed by atoms with Gasteiger partial charge in [-0.25, -0.2) is 0 Å². The Bertz CT molecular complexity index is 1380. The number of aromatic amines is 1. The number of H-pyrrole nitrogens is 1. The fourth-order valence-electron chi connectivity index (χ4n) is 4.30. The number of fused-ring (bicyclic) bond motifs is 1. The Morgan fingerprint density at radius 2 is 1.79 bits per heavy atom. The molecule has 0 spiro atoms. The van der Waals surface area contributed by atoms with Crippen molar-refractivity contribution in [2.45, 2.75) is 12.5 Å². The minimum atomic E-state index is -0.785. The van der Waals surface area contributed by atoms with E-state index >= 15 is 0 Å². The second-order valence-electron chi connectivity index (χ2n) is 7.86. The van der Waals surface area contributed by atoms with Crippen LogP contribution in [0.5, 0.6) is 0 Å². The number of ketones is 1. The van der Waals surface area contributed by atoms with Gasteiger partial charge in [-0.3, -0.25) is 14.6 Å². The summed E-state index contributed by atoms with van der Waals surface area (Å²) >= 11 is 5.97. The van der Waals surface area contributed by atoms with E-state index in [9.17, 15) is 14.7 Å². The van der Waals surface area contributed by atoms with E-state index in [2.05, 4.69) is 9.97 Å². The van der Waals surface area contributed by atoms with Crippen LogP contribution in [0.25, 0.3) is 16.7 Å². The second kappa shape index (κ2) is 8.56. The molecule has 33 heavy (non-hydrogen) atoms. The zero-order valence-corrected chi connectivity index (χ0v) is 18.3. The average molecular weight is 458 g/mol. The number of hydrogen-bond acceptors (Lipinski definition) is 4. The maximum absolute atomic E-state index is 13.1. The van der Waals surface area contributed by atoms with Crippen molar-refractivity contribution >= 4 is 40.0 Å². The molecule has 6 nitrogen and oxygen atoms in total. The molecule has 0 saturated carbocycles.